The van der Waals surface area contributed by atoms with Crippen molar-refractivity contribution in [2.24, 2.45) is 5.73 Å². The van der Waals surface area contributed by atoms with E-state index >= 15 is 0 Å². The molecular formula is C23H23FN4O3S. The molecule has 0 fully saturated rings. The summed E-state index contributed by atoms with van der Waals surface area (Å²) in [5.41, 5.74) is 8.75. The van der Waals surface area contributed by atoms with Crippen LogP contribution >= 0.6 is 0 Å². The van der Waals surface area contributed by atoms with E-state index in [1.165, 1.54) is 19.2 Å². The van der Waals surface area contributed by atoms with Gasteiger partial charge in [0.1, 0.15) is 11.6 Å². The fraction of sp³-hybridized carbons (Fsp3) is 0.174. The van der Waals surface area contributed by atoms with E-state index in [0.717, 1.165) is 17.2 Å². The van der Waals surface area contributed by atoms with E-state index in [4.69, 9.17) is 10.5 Å². The zero-order chi connectivity index (χ0) is 22.9. The first kappa shape index (κ1) is 21.8. The Morgan fingerprint density at radius 1 is 1.09 bits per heavy atom. The lowest BCUT2D eigenvalue weighted by atomic mass is 10.1. The lowest BCUT2D eigenvalue weighted by Crippen LogP contribution is -2.14. The number of sulfonamides is 1. The maximum atomic E-state index is 14.0. The van der Waals surface area contributed by atoms with Crippen LogP contribution in [0.5, 0.6) is 5.75 Å². The van der Waals surface area contributed by atoms with E-state index in [1.807, 2.05) is 36.4 Å². The Bertz CT molecular complexity index is 1400. The zero-order valence-electron chi connectivity index (χ0n) is 17.7. The number of methoxy groups -OCH3 is 1. The number of rotatable bonds is 7. The van der Waals surface area contributed by atoms with E-state index in [2.05, 4.69) is 9.82 Å². The number of nitrogens with two attached hydrogens (primary N) is 1. The Morgan fingerprint density at radius 3 is 2.56 bits per heavy atom. The van der Waals surface area contributed by atoms with E-state index in [1.54, 1.807) is 17.7 Å². The first-order valence-electron chi connectivity index (χ1n) is 9.93. The molecular weight excluding hydrogens is 431 g/mol. The topological polar surface area (TPSA) is 99.2 Å². The molecule has 0 amide bonds. The number of aromatic nitrogens is 2. The Hall–Kier alpha value is -3.43. The third-order valence-corrected chi connectivity index (χ3v) is 6.54. The largest absolute Gasteiger partial charge is 0.496 e. The number of nitrogens with one attached hydrogen (secondary N) is 1. The quantitative estimate of drug-likeness (QED) is 0.443. The summed E-state index contributed by atoms with van der Waals surface area (Å²) in [6, 6.07) is 16.9. The highest BCUT2D eigenvalue weighted by Gasteiger charge is 2.22. The molecule has 4 rings (SSSR count). The van der Waals surface area contributed by atoms with Crippen molar-refractivity contribution in [1.29, 1.82) is 0 Å². The van der Waals surface area contributed by atoms with Gasteiger partial charge in [0.25, 0.3) is 10.0 Å². The molecule has 1 aromatic heterocycles. The fourth-order valence-electron chi connectivity index (χ4n) is 3.51. The molecule has 0 saturated heterocycles. The van der Waals surface area contributed by atoms with Gasteiger partial charge in [0.05, 0.1) is 29.5 Å². The van der Waals surface area contributed by atoms with Crippen LogP contribution in [0.15, 0.2) is 65.6 Å². The van der Waals surface area contributed by atoms with Gasteiger partial charge in [0.15, 0.2) is 5.82 Å². The van der Waals surface area contributed by atoms with E-state index < -0.39 is 15.8 Å². The maximum Gasteiger partial charge on any atom is 0.263 e. The molecule has 0 aliphatic rings. The highest BCUT2D eigenvalue weighted by molar-refractivity contribution is 7.92. The van der Waals surface area contributed by atoms with Crippen LogP contribution < -0.4 is 15.2 Å². The van der Waals surface area contributed by atoms with E-state index in [-0.39, 0.29) is 10.7 Å². The lowest BCUT2D eigenvalue weighted by Gasteiger charge is -2.08. The summed E-state index contributed by atoms with van der Waals surface area (Å²) in [6.45, 7) is 2.39. The van der Waals surface area contributed by atoms with Crippen LogP contribution in [0.2, 0.25) is 0 Å². The number of ether oxygens (including phenoxy) is 1. The average molecular weight is 455 g/mol. The van der Waals surface area contributed by atoms with Crippen LogP contribution in [-0.2, 0) is 23.1 Å². The molecule has 0 unspecified atom stereocenters. The van der Waals surface area contributed by atoms with Crippen molar-refractivity contribution in [2.75, 3.05) is 11.8 Å². The summed E-state index contributed by atoms with van der Waals surface area (Å²) >= 11 is 0. The number of fused-ring (bicyclic) bond motifs is 1. The van der Waals surface area contributed by atoms with Crippen LogP contribution in [0, 0.1) is 12.7 Å². The van der Waals surface area contributed by atoms with Crippen molar-refractivity contribution >= 4 is 26.7 Å². The molecule has 0 atom stereocenters. The molecule has 0 spiro atoms. The molecule has 166 valence electrons. The minimum absolute atomic E-state index is 0.105. The summed E-state index contributed by atoms with van der Waals surface area (Å²) in [6.07, 6.45) is 0. The van der Waals surface area contributed by atoms with E-state index in [0.29, 0.717) is 35.3 Å². The summed E-state index contributed by atoms with van der Waals surface area (Å²) < 4.78 is 49.6. The molecule has 0 radical (unpaired) electrons. The van der Waals surface area contributed by atoms with Crippen molar-refractivity contribution in [3.8, 4) is 5.75 Å². The minimum Gasteiger partial charge on any atom is -0.496 e. The number of hydrogen-bond acceptors (Lipinski definition) is 5. The van der Waals surface area contributed by atoms with Crippen LogP contribution in [-0.4, -0.2) is 25.3 Å². The molecule has 0 saturated carbocycles. The Labute approximate surface area is 185 Å². The summed E-state index contributed by atoms with van der Waals surface area (Å²) in [5.74, 6) is -0.0220. The number of benzene rings is 3. The number of hydrogen-bond donors (Lipinski definition) is 2. The summed E-state index contributed by atoms with van der Waals surface area (Å²) in [5, 5.41) is 5.04. The normalized spacial score (nSPS) is 11.6. The molecule has 4 aromatic rings. The average Bonchev–Trinajstić information content (AvgIpc) is 3.12. The number of anilines is 1. The van der Waals surface area contributed by atoms with Gasteiger partial charge in [-0.1, -0.05) is 36.4 Å². The van der Waals surface area contributed by atoms with Crippen molar-refractivity contribution in [3.05, 3.63) is 83.2 Å². The fourth-order valence-corrected chi connectivity index (χ4v) is 4.54. The van der Waals surface area contributed by atoms with Gasteiger partial charge in [-0.25, -0.2) is 12.8 Å². The maximum absolute atomic E-state index is 14.0. The highest BCUT2D eigenvalue weighted by Crippen LogP contribution is 2.33. The molecule has 1 heterocycles. The first-order valence-corrected chi connectivity index (χ1v) is 11.4. The second-order valence-corrected chi connectivity index (χ2v) is 9.08. The highest BCUT2D eigenvalue weighted by atomic mass is 32.2. The Morgan fingerprint density at radius 2 is 1.84 bits per heavy atom. The van der Waals surface area contributed by atoms with Crippen molar-refractivity contribution in [1.82, 2.24) is 9.78 Å². The second-order valence-electron chi connectivity index (χ2n) is 7.40. The standard InChI is InChI=1S/C23H23FN4O3S/c1-15-9-10-18(12-19(15)24)32(29,30)27-23-22-20(7-4-8-21(22)31-2)28(26-23)14-17-6-3-5-16(11-17)13-25/h3-12H,13-14,25H2,1-2H3,(H,26,27). The Balaban J connectivity index is 1.79. The predicted molar refractivity (Wildman–Crippen MR) is 122 cm³/mol. The van der Waals surface area contributed by atoms with Gasteiger partial charge in [-0.05, 0) is 47.9 Å². The second kappa shape index (κ2) is 8.60. The molecule has 3 aromatic carbocycles. The summed E-state index contributed by atoms with van der Waals surface area (Å²) in [4.78, 5) is -0.186. The third-order valence-electron chi connectivity index (χ3n) is 5.20. The lowest BCUT2D eigenvalue weighted by molar-refractivity contribution is 0.420. The van der Waals surface area contributed by atoms with Gasteiger partial charge in [0, 0.05) is 6.54 Å². The van der Waals surface area contributed by atoms with Crippen LogP contribution in [0.25, 0.3) is 10.9 Å². The smallest absolute Gasteiger partial charge is 0.263 e. The van der Waals surface area contributed by atoms with Gasteiger partial charge < -0.3 is 10.5 Å². The number of aryl methyl sites for hydroxylation is 1. The predicted octanol–water partition coefficient (Wildman–Crippen LogP) is 3.80. The molecule has 7 nitrogen and oxygen atoms in total. The zero-order valence-corrected chi connectivity index (χ0v) is 18.5. The van der Waals surface area contributed by atoms with E-state index in [9.17, 15) is 12.8 Å². The first-order chi connectivity index (χ1) is 15.3. The van der Waals surface area contributed by atoms with Gasteiger partial charge in [0.2, 0.25) is 0 Å². The van der Waals surface area contributed by atoms with Gasteiger partial charge in [-0.3, -0.25) is 9.40 Å². The van der Waals surface area contributed by atoms with Crippen molar-refractivity contribution in [2.45, 2.75) is 24.9 Å². The Kier molecular flexibility index (Phi) is 5.86. The van der Waals surface area contributed by atoms with Crippen LogP contribution in [0.3, 0.4) is 0 Å². The van der Waals surface area contributed by atoms with Gasteiger partial charge in [-0.2, -0.15) is 5.10 Å². The molecule has 0 bridgehead atoms. The summed E-state index contributed by atoms with van der Waals surface area (Å²) in [7, 11) is -2.57. The molecule has 0 aliphatic heterocycles. The van der Waals surface area contributed by atoms with Crippen LogP contribution in [0.1, 0.15) is 16.7 Å². The van der Waals surface area contributed by atoms with Crippen molar-refractivity contribution in [3.63, 3.8) is 0 Å². The SMILES string of the molecule is COc1cccc2c1c(NS(=O)(=O)c1ccc(C)c(F)c1)nn2Cc1cccc(CN)c1. The molecule has 9 heteroatoms. The molecule has 0 aliphatic carbocycles. The monoisotopic (exact) mass is 454 g/mol. The van der Waals surface area contributed by atoms with Gasteiger partial charge >= 0.3 is 0 Å². The number of halogens is 1. The van der Waals surface area contributed by atoms with Crippen molar-refractivity contribution < 1.29 is 17.5 Å². The van der Waals surface area contributed by atoms with Gasteiger partial charge in [-0.15, -0.1) is 0 Å². The van der Waals surface area contributed by atoms with Crippen LogP contribution in [0.4, 0.5) is 10.2 Å². The molecule has 3 N–H and O–H groups in total. The third kappa shape index (κ3) is 4.17. The number of nitrogens with zero attached hydrogens (tertiary/aromatic N) is 2. The molecule has 32 heavy (non-hydrogen) atoms. The minimum atomic E-state index is -4.08.